The van der Waals surface area contributed by atoms with Crippen molar-refractivity contribution in [2.24, 2.45) is 5.84 Å². The van der Waals surface area contributed by atoms with Gasteiger partial charge in [0, 0.05) is 12.1 Å². The van der Waals surface area contributed by atoms with Crippen LogP contribution in [-0.4, -0.2) is 25.8 Å². The lowest BCUT2D eigenvalue weighted by molar-refractivity contribution is -0.384. The van der Waals surface area contributed by atoms with Crippen LogP contribution in [0, 0.1) is 22.9 Å². The molecule has 0 heterocycles. The number of amides is 1. The van der Waals surface area contributed by atoms with Gasteiger partial charge in [-0.05, 0) is 42.8 Å². The fourth-order valence-electron chi connectivity index (χ4n) is 2.24. The van der Waals surface area contributed by atoms with Gasteiger partial charge in [-0.25, -0.2) is 18.7 Å². The summed E-state index contributed by atoms with van der Waals surface area (Å²) in [7, 11) is -4.25. The van der Waals surface area contributed by atoms with Crippen molar-refractivity contribution >= 4 is 27.3 Å². The molecule has 0 radical (unpaired) electrons. The van der Waals surface area contributed by atoms with Crippen molar-refractivity contribution in [3.05, 3.63) is 64.0 Å². The number of rotatable bonds is 6. The first-order valence-corrected chi connectivity index (χ1v) is 8.63. The first kappa shape index (κ1) is 19.3. The van der Waals surface area contributed by atoms with E-state index in [-0.39, 0.29) is 21.8 Å². The molecule has 138 valence electrons. The van der Waals surface area contributed by atoms with E-state index >= 15 is 0 Å². The van der Waals surface area contributed by atoms with Gasteiger partial charge in [-0.1, -0.05) is 0 Å². The van der Waals surface area contributed by atoms with Crippen LogP contribution in [0.15, 0.2) is 47.4 Å². The van der Waals surface area contributed by atoms with E-state index in [1.165, 1.54) is 19.1 Å². The molecular weight excluding hydrogens is 367 g/mol. The van der Waals surface area contributed by atoms with Crippen molar-refractivity contribution in [2.45, 2.75) is 11.8 Å². The number of nitro groups is 1. The Morgan fingerprint density at radius 2 is 1.88 bits per heavy atom. The molecule has 0 bridgehead atoms. The van der Waals surface area contributed by atoms with Crippen molar-refractivity contribution < 1.29 is 22.5 Å². The van der Waals surface area contributed by atoms with Gasteiger partial charge < -0.3 is 0 Å². The highest BCUT2D eigenvalue weighted by molar-refractivity contribution is 7.92. The van der Waals surface area contributed by atoms with Gasteiger partial charge in [0.2, 0.25) is 0 Å². The predicted octanol–water partition coefficient (Wildman–Crippen LogP) is 1.23. The van der Waals surface area contributed by atoms with Crippen LogP contribution in [-0.2, 0) is 14.8 Å². The molecule has 11 heteroatoms. The van der Waals surface area contributed by atoms with E-state index in [1.54, 1.807) is 0 Å². The lowest BCUT2D eigenvalue weighted by Crippen LogP contribution is -2.43. The van der Waals surface area contributed by atoms with Crippen molar-refractivity contribution in [3.63, 3.8) is 0 Å². The number of nitro benzene ring substituents is 1. The van der Waals surface area contributed by atoms with E-state index in [4.69, 9.17) is 5.84 Å². The summed E-state index contributed by atoms with van der Waals surface area (Å²) in [5.41, 5.74) is 1.92. The van der Waals surface area contributed by atoms with Gasteiger partial charge in [0.05, 0.1) is 15.5 Å². The second kappa shape index (κ2) is 7.45. The molecule has 0 spiro atoms. The summed E-state index contributed by atoms with van der Waals surface area (Å²) in [4.78, 5) is 21.7. The van der Waals surface area contributed by atoms with E-state index in [9.17, 15) is 27.7 Å². The Morgan fingerprint density at radius 3 is 2.38 bits per heavy atom. The van der Waals surface area contributed by atoms with E-state index in [0.29, 0.717) is 0 Å². The zero-order chi connectivity index (χ0) is 19.5. The predicted molar refractivity (Wildman–Crippen MR) is 91.1 cm³/mol. The maximum Gasteiger partial charge on any atom is 0.269 e. The highest BCUT2D eigenvalue weighted by atomic mass is 32.2. The average molecular weight is 382 g/mol. The smallest absolute Gasteiger partial charge is 0.269 e. The number of aryl methyl sites for hydroxylation is 1. The quantitative estimate of drug-likeness (QED) is 0.334. The molecule has 2 rings (SSSR count). The van der Waals surface area contributed by atoms with Crippen molar-refractivity contribution in [2.75, 3.05) is 10.8 Å². The van der Waals surface area contributed by atoms with Crippen LogP contribution in [0.4, 0.5) is 15.8 Å². The fourth-order valence-corrected chi connectivity index (χ4v) is 3.73. The molecule has 0 aliphatic carbocycles. The number of nitrogens with zero attached hydrogens (tertiary/aromatic N) is 2. The monoisotopic (exact) mass is 382 g/mol. The van der Waals surface area contributed by atoms with E-state index in [0.717, 1.165) is 34.6 Å². The Bertz CT molecular complexity index is 947. The first-order chi connectivity index (χ1) is 12.2. The summed E-state index contributed by atoms with van der Waals surface area (Å²) < 4.78 is 39.7. The third kappa shape index (κ3) is 3.95. The Morgan fingerprint density at radius 1 is 1.27 bits per heavy atom. The number of carbonyl (C=O) groups is 1. The summed E-state index contributed by atoms with van der Waals surface area (Å²) >= 11 is 0. The maximum absolute atomic E-state index is 13.1. The summed E-state index contributed by atoms with van der Waals surface area (Å²) in [6.45, 7) is 0.810. The maximum atomic E-state index is 13.1. The van der Waals surface area contributed by atoms with E-state index in [2.05, 4.69) is 0 Å². The minimum Gasteiger partial charge on any atom is -0.293 e. The number of sulfonamides is 1. The SMILES string of the molecule is Cc1cc([N+](=O)[O-])ccc1N(CC(=O)NN)S(=O)(=O)c1ccc(F)cc1. The number of anilines is 1. The number of nitrogens with two attached hydrogens (primary N) is 1. The average Bonchev–Trinajstić information content (AvgIpc) is 2.59. The number of hydrogen-bond donors (Lipinski definition) is 2. The number of halogens is 1. The number of nitrogens with one attached hydrogen (secondary N) is 1. The Kier molecular flexibility index (Phi) is 5.53. The van der Waals surface area contributed by atoms with Crippen LogP contribution in [0.2, 0.25) is 0 Å². The molecule has 0 atom stereocenters. The molecule has 0 saturated heterocycles. The van der Waals surface area contributed by atoms with E-state index < -0.39 is 33.2 Å². The molecule has 0 saturated carbocycles. The summed E-state index contributed by atoms with van der Waals surface area (Å²) in [5, 5.41) is 10.9. The second-order valence-corrected chi connectivity index (χ2v) is 7.12. The summed E-state index contributed by atoms with van der Waals surface area (Å²) in [6.07, 6.45) is 0. The lowest BCUT2D eigenvalue weighted by atomic mass is 10.2. The molecule has 0 aliphatic heterocycles. The normalized spacial score (nSPS) is 11.0. The van der Waals surface area contributed by atoms with Crippen LogP contribution in [0.25, 0.3) is 0 Å². The zero-order valence-electron chi connectivity index (χ0n) is 13.5. The molecule has 2 aromatic rings. The fraction of sp³-hybridized carbons (Fsp3) is 0.133. The molecule has 3 N–H and O–H groups in total. The third-order valence-corrected chi connectivity index (χ3v) is 5.28. The van der Waals surface area contributed by atoms with Crippen LogP contribution in [0.1, 0.15) is 5.56 Å². The first-order valence-electron chi connectivity index (χ1n) is 7.19. The third-order valence-electron chi connectivity index (χ3n) is 3.51. The lowest BCUT2D eigenvalue weighted by Gasteiger charge is -2.25. The summed E-state index contributed by atoms with van der Waals surface area (Å²) in [6, 6.07) is 7.57. The standard InChI is InChI=1S/C15H15FN4O5S/c1-10-8-12(20(22)23)4-7-14(10)19(9-15(21)18-17)26(24,25)13-5-2-11(16)3-6-13/h2-8H,9,17H2,1H3,(H,18,21). The number of carbonyl (C=O) groups excluding carboxylic acids is 1. The number of non-ortho nitro benzene ring substituents is 1. The molecule has 0 unspecified atom stereocenters. The van der Waals surface area contributed by atoms with Gasteiger partial charge in [-0.3, -0.25) is 24.6 Å². The highest BCUT2D eigenvalue weighted by Gasteiger charge is 2.28. The second-order valence-electron chi connectivity index (χ2n) is 5.26. The number of hydrogen-bond acceptors (Lipinski definition) is 6. The minimum absolute atomic E-state index is 0.0588. The highest BCUT2D eigenvalue weighted by Crippen LogP contribution is 2.29. The van der Waals surface area contributed by atoms with Crippen LogP contribution in [0.3, 0.4) is 0 Å². The molecule has 26 heavy (non-hydrogen) atoms. The molecule has 0 aromatic heterocycles. The molecule has 2 aromatic carbocycles. The van der Waals surface area contributed by atoms with Gasteiger partial charge in [-0.2, -0.15) is 0 Å². The largest absolute Gasteiger partial charge is 0.293 e. The van der Waals surface area contributed by atoms with Gasteiger partial charge in [-0.15, -0.1) is 0 Å². The molecular formula is C15H15FN4O5S. The Hall–Kier alpha value is -3.05. The van der Waals surface area contributed by atoms with E-state index in [1.807, 2.05) is 5.43 Å². The van der Waals surface area contributed by atoms with Gasteiger partial charge >= 0.3 is 0 Å². The molecule has 0 fully saturated rings. The van der Waals surface area contributed by atoms with Crippen molar-refractivity contribution in [3.8, 4) is 0 Å². The van der Waals surface area contributed by atoms with Crippen molar-refractivity contribution in [1.29, 1.82) is 0 Å². The van der Waals surface area contributed by atoms with Gasteiger partial charge in [0.15, 0.2) is 0 Å². The molecule has 9 nitrogen and oxygen atoms in total. The zero-order valence-corrected chi connectivity index (χ0v) is 14.4. The van der Waals surface area contributed by atoms with Gasteiger partial charge in [0.25, 0.3) is 21.6 Å². The van der Waals surface area contributed by atoms with Crippen LogP contribution in [0.5, 0.6) is 0 Å². The Labute approximate surface area is 148 Å². The Balaban J connectivity index is 2.58. The number of benzene rings is 2. The van der Waals surface area contributed by atoms with Gasteiger partial charge in [0.1, 0.15) is 12.4 Å². The summed E-state index contributed by atoms with van der Waals surface area (Å²) in [5.74, 6) is 3.62. The van der Waals surface area contributed by atoms with Crippen molar-refractivity contribution in [1.82, 2.24) is 5.43 Å². The number of hydrazine groups is 1. The van der Waals surface area contributed by atoms with Crippen LogP contribution >= 0.6 is 0 Å². The molecule has 1 amide bonds. The van der Waals surface area contributed by atoms with Crippen LogP contribution < -0.4 is 15.6 Å². The molecule has 0 aliphatic rings. The minimum atomic E-state index is -4.25. The topological polar surface area (TPSA) is 136 Å².